The summed E-state index contributed by atoms with van der Waals surface area (Å²) in [5, 5.41) is 22.7. The molecular formula is C15H14ClN3O. The van der Waals surface area contributed by atoms with Crippen LogP contribution in [0.5, 0.6) is 0 Å². The summed E-state index contributed by atoms with van der Waals surface area (Å²) >= 11 is 5.83. The van der Waals surface area contributed by atoms with Crippen molar-refractivity contribution in [2.75, 3.05) is 17.6 Å². The molecule has 0 fully saturated rings. The molecule has 5 heteroatoms. The number of nitrogens with two attached hydrogens (primary N) is 1. The van der Waals surface area contributed by atoms with Gasteiger partial charge in [-0.3, -0.25) is 0 Å². The number of nitriles is 1. The van der Waals surface area contributed by atoms with Crippen LogP contribution in [0.4, 0.5) is 11.4 Å². The van der Waals surface area contributed by atoms with Crippen LogP contribution in [0.1, 0.15) is 17.2 Å². The zero-order chi connectivity index (χ0) is 14.5. The van der Waals surface area contributed by atoms with Crippen molar-refractivity contribution in [3.63, 3.8) is 0 Å². The summed E-state index contributed by atoms with van der Waals surface area (Å²) in [6, 6.07) is 14.1. The Labute approximate surface area is 122 Å². The molecule has 0 aliphatic rings. The Bertz CT molecular complexity index is 635. The SMILES string of the molecule is N#Cc1cc(Cl)ccc1NCC(O)c1ccc(N)cc1. The Morgan fingerprint density at radius 3 is 2.60 bits per heavy atom. The lowest BCUT2D eigenvalue weighted by Crippen LogP contribution is -2.12. The zero-order valence-corrected chi connectivity index (χ0v) is 11.4. The third kappa shape index (κ3) is 3.41. The van der Waals surface area contributed by atoms with E-state index in [-0.39, 0.29) is 0 Å². The molecule has 20 heavy (non-hydrogen) atoms. The van der Waals surface area contributed by atoms with Gasteiger partial charge in [-0.15, -0.1) is 0 Å². The molecule has 0 saturated heterocycles. The van der Waals surface area contributed by atoms with Crippen molar-refractivity contribution in [3.05, 3.63) is 58.6 Å². The number of rotatable bonds is 4. The van der Waals surface area contributed by atoms with Crippen molar-refractivity contribution in [3.8, 4) is 6.07 Å². The molecule has 0 aliphatic heterocycles. The van der Waals surface area contributed by atoms with E-state index >= 15 is 0 Å². The van der Waals surface area contributed by atoms with Crippen molar-refractivity contribution in [2.24, 2.45) is 0 Å². The highest BCUT2D eigenvalue weighted by Gasteiger charge is 2.09. The largest absolute Gasteiger partial charge is 0.399 e. The van der Waals surface area contributed by atoms with E-state index in [0.29, 0.717) is 28.5 Å². The van der Waals surface area contributed by atoms with E-state index in [1.165, 1.54) is 0 Å². The topological polar surface area (TPSA) is 82.1 Å². The Kier molecular flexibility index (Phi) is 4.46. The third-order valence-electron chi connectivity index (χ3n) is 2.91. The van der Waals surface area contributed by atoms with E-state index in [2.05, 4.69) is 11.4 Å². The number of aliphatic hydroxyl groups excluding tert-OH is 1. The predicted octanol–water partition coefficient (Wildman–Crippen LogP) is 2.94. The monoisotopic (exact) mass is 287 g/mol. The second-order valence-corrected chi connectivity index (χ2v) is 4.80. The van der Waals surface area contributed by atoms with Gasteiger partial charge in [0.1, 0.15) is 6.07 Å². The first-order valence-electron chi connectivity index (χ1n) is 6.07. The Hall–Kier alpha value is -2.22. The minimum atomic E-state index is -0.683. The minimum Gasteiger partial charge on any atom is -0.399 e. The normalized spacial score (nSPS) is 11.7. The highest BCUT2D eigenvalue weighted by atomic mass is 35.5. The molecule has 0 radical (unpaired) electrons. The summed E-state index contributed by atoms with van der Waals surface area (Å²) < 4.78 is 0. The number of aliphatic hydroxyl groups is 1. The van der Waals surface area contributed by atoms with Gasteiger partial charge < -0.3 is 16.2 Å². The second-order valence-electron chi connectivity index (χ2n) is 4.37. The van der Waals surface area contributed by atoms with Crippen LogP contribution in [0.25, 0.3) is 0 Å². The lowest BCUT2D eigenvalue weighted by atomic mass is 10.1. The molecule has 0 amide bonds. The minimum absolute atomic E-state index is 0.292. The maximum absolute atomic E-state index is 10.1. The molecular weight excluding hydrogens is 274 g/mol. The summed E-state index contributed by atoms with van der Waals surface area (Å²) in [5.74, 6) is 0. The second kappa shape index (κ2) is 6.29. The average molecular weight is 288 g/mol. The molecule has 0 saturated carbocycles. The fraction of sp³-hybridized carbons (Fsp3) is 0.133. The van der Waals surface area contributed by atoms with Crippen LogP contribution in [-0.4, -0.2) is 11.7 Å². The van der Waals surface area contributed by atoms with Gasteiger partial charge in [-0.1, -0.05) is 23.7 Å². The average Bonchev–Trinajstić information content (AvgIpc) is 2.46. The zero-order valence-electron chi connectivity index (χ0n) is 10.7. The van der Waals surface area contributed by atoms with Crippen LogP contribution in [0.15, 0.2) is 42.5 Å². The number of anilines is 2. The Morgan fingerprint density at radius 1 is 1.25 bits per heavy atom. The number of benzene rings is 2. The van der Waals surface area contributed by atoms with Gasteiger partial charge in [0.15, 0.2) is 0 Å². The maximum atomic E-state index is 10.1. The molecule has 102 valence electrons. The van der Waals surface area contributed by atoms with Gasteiger partial charge in [0, 0.05) is 17.3 Å². The smallest absolute Gasteiger partial charge is 0.101 e. The van der Waals surface area contributed by atoms with Crippen molar-refractivity contribution in [1.29, 1.82) is 5.26 Å². The van der Waals surface area contributed by atoms with E-state index in [4.69, 9.17) is 22.6 Å². The highest BCUT2D eigenvalue weighted by molar-refractivity contribution is 6.30. The van der Waals surface area contributed by atoms with E-state index in [1.54, 1.807) is 42.5 Å². The van der Waals surface area contributed by atoms with Gasteiger partial charge in [0.2, 0.25) is 0 Å². The predicted molar refractivity (Wildman–Crippen MR) is 80.5 cm³/mol. The fourth-order valence-corrected chi connectivity index (χ4v) is 1.98. The highest BCUT2D eigenvalue weighted by Crippen LogP contribution is 2.21. The van der Waals surface area contributed by atoms with Crippen LogP contribution < -0.4 is 11.1 Å². The quantitative estimate of drug-likeness (QED) is 0.755. The van der Waals surface area contributed by atoms with Crippen LogP contribution in [-0.2, 0) is 0 Å². The number of halogens is 1. The standard InChI is InChI=1S/C15H14ClN3O/c16-12-3-6-14(11(7-12)8-17)19-9-15(20)10-1-4-13(18)5-2-10/h1-7,15,19-20H,9,18H2. The lowest BCUT2D eigenvalue weighted by Gasteiger charge is -2.14. The molecule has 0 heterocycles. The molecule has 2 rings (SSSR count). The first kappa shape index (κ1) is 14.2. The molecule has 4 N–H and O–H groups in total. The van der Waals surface area contributed by atoms with Gasteiger partial charge >= 0.3 is 0 Å². The number of nitrogen functional groups attached to an aromatic ring is 1. The van der Waals surface area contributed by atoms with E-state index < -0.39 is 6.10 Å². The van der Waals surface area contributed by atoms with E-state index in [1.807, 2.05) is 0 Å². The van der Waals surface area contributed by atoms with Crippen molar-refractivity contribution >= 4 is 23.0 Å². The molecule has 0 bridgehead atoms. The van der Waals surface area contributed by atoms with Gasteiger partial charge in [0.05, 0.1) is 17.4 Å². The third-order valence-corrected chi connectivity index (χ3v) is 3.14. The number of nitrogens with one attached hydrogen (secondary N) is 1. The summed E-state index contributed by atoms with van der Waals surface area (Å²) in [6.45, 7) is 0.292. The fourth-order valence-electron chi connectivity index (χ4n) is 1.81. The molecule has 2 aromatic carbocycles. The molecule has 4 nitrogen and oxygen atoms in total. The summed E-state index contributed by atoms with van der Waals surface area (Å²) in [5.41, 5.74) is 8.10. The van der Waals surface area contributed by atoms with Crippen LogP contribution >= 0.6 is 11.6 Å². The van der Waals surface area contributed by atoms with Gasteiger partial charge in [-0.25, -0.2) is 0 Å². The van der Waals surface area contributed by atoms with Crippen LogP contribution in [0.3, 0.4) is 0 Å². The van der Waals surface area contributed by atoms with E-state index in [9.17, 15) is 5.11 Å². The van der Waals surface area contributed by atoms with Gasteiger partial charge in [-0.2, -0.15) is 5.26 Å². The van der Waals surface area contributed by atoms with Crippen LogP contribution in [0.2, 0.25) is 5.02 Å². The van der Waals surface area contributed by atoms with Crippen molar-refractivity contribution < 1.29 is 5.11 Å². The molecule has 1 atom stereocenters. The molecule has 0 spiro atoms. The number of hydrogen-bond donors (Lipinski definition) is 3. The maximum Gasteiger partial charge on any atom is 0.101 e. The van der Waals surface area contributed by atoms with Crippen molar-refractivity contribution in [2.45, 2.75) is 6.10 Å². The summed E-state index contributed by atoms with van der Waals surface area (Å²) in [4.78, 5) is 0. The van der Waals surface area contributed by atoms with Crippen molar-refractivity contribution in [1.82, 2.24) is 0 Å². The van der Waals surface area contributed by atoms with Gasteiger partial charge in [0.25, 0.3) is 0 Å². The molecule has 1 unspecified atom stereocenters. The Balaban J connectivity index is 2.05. The first-order chi connectivity index (χ1) is 9.60. The summed E-state index contributed by atoms with van der Waals surface area (Å²) in [7, 11) is 0. The van der Waals surface area contributed by atoms with E-state index in [0.717, 1.165) is 5.56 Å². The number of nitrogens with zero attached hydrogens (tertiary/aromatic N) is 1. The number of hydrogen-bond acceptors (Lipinski definition) is 4. The Morgan fingerprint density at radius 2 is 1.95 bits per heavy atom. The van der Waals surface area contributed by atoms with Gasteiger partial charge in [-0.05, 0) is 35.9 Å². The summed E-state index contributed by atoms with van der Waals surface area (Å²) in [6.07, 6.45) is -0.683. The molecule has 2 aromatic rings. The molecule has 0 aliphatic carbocycles. The first-order valence-corrected chi connectivity index (χ1v) is 6.45. The van der Waals surface area contributed by atoms with Crippen LogP contribution in [0, 0.1) is 11.3 Å². The molecule has 0 aromatic heterocycles. The lowest BCUT2D eigenvalue weighted by molar-refractivity contribution is 0.191.